The normalized spacial score (nSPS) is 21.2. The Hall–Kier alpha value is -2.17. The molecule has 0 saturated heterocycles. The zero-order valence-electron chi connectivity index (χ0n) is 13.8. The number of carbonyl (C=O) groups excluding carboxylic acids is 3. The Morgan fingerprint density at radius 1 is 1.09 bits per heavy atom. The molecule has 124 valence electrons. The first-order chi connectivity index (χ1) is 11.0. The molecule has 1 saturated carbocycles. The maximum Gasteiger partial charge on any atom is 0.160 e. The van der Waals surface area contributed by atoms with Gasteiger partial charge in [0.15, 0.2) is 28.8 Å². The van der Waals surface area contributed by atoms with E-state index >= 15 is 0 Å². The molecule has 1 fully saturated rings. The van der Waals surface area contributed by atoms with E-state index in [2.05, 4.69) is 0 Å². The molecule has 0 atom stereocenters. The number of hydrogen-bond acceptors (Lipinski definition) is 5. The van der Waals surface area contributed by atoms with Crippen molar-refractivity contribution in [2.45, 2.75) is 38.5 Å². The van der Waals surface area contributed by atoms with Gasteiger partial charge in [-0.3, -0.25) is 14.4 Å². The third kappa shape index (κ3) is 3.60. The van der Waals surface area contributed by atoms with Crippen LogP contribution in [0.2, 0.25) is 0 Å². The van der Waals surface area contributed by atoms with Crippen LogP contribution in [0.1, 0.15) is 44.1 Å². The summed E-state index contributed by atoms with van der Waals surface area (Å²) in [6, 6.07) is 5.39. The summed E-state index contributed by atoms with van der Waals surface area (Å²) in [5.41, 5.74) is 0.853. The molecule has 0 radical (unpaired) electrons. The van der Waals surface area contributed by atoms with Crippen molar-refractivity contribution in [2.75, 3.05) is 14.2 Å². The highest BCUT2D eigenvalue weighted by atomic mass is 16.5. The molecule has 23 heavy (non-hydrogen) atoms. The van der Waals surface area contributed by atoms with Crippen molar-refractivity contribution in [1.29, 1.82) is 0 Å². The molecule has 0 N–H and O–H groups in total. The number of benzene rings is 1. The summed E-state index contributed by atoms with van der Waals surface area (Å²) in [7, 11) is 3.09. The lowest BCUT2D eigenvalue weighted by atomic mass is 9.75. The molecule has 5 heteroatoms. The summed E-state index contributed by atoms with van der Waals surface area (Å²) >= 11 is 0. The molecule has 0 heterocycles. The molecule has 1 aliphatic carbocycles. The SMILES string of the molecule is CCCC(=O)C1C(=O)CC(c2ccc(OC)c(OC)c2)CC1=O. The number of rotatable bonds is 6. The molecular formula is C18H22O5. The highest BCUT2D eigenvalue weighted by Gasteiger charge is 2.39. The van der Waals surface area contributed by atoms with Crippen molar-refractivity contribution in [2.24, 2.45) is 5.92 Å². The van der Waals surface area contributed by atoms with Gasteiger partial charge >= 0.3 is 0 Å². The van der Waals surface area contributed by atoms with Crippen LogP contribution in [0, 0.1) is 5.92 Å². The lowest BCUT2D eigenvalue weighted by Gasteiger charge is -2.26. The number of ketones is 3. The molecule has 5 nitrogen and oxygen atoms in total. The van der Waals surface area contributed by atoms with Crippen LogP contribution in [0.3, 0.4) is 0 Å². The number of hydrogen-bond donors (Lipinski definition) is 0. The maximum absolute atomic E-state index is 12.3. The van der Waals surface area contributed by atoms with Gasteiger partial charge in [-0.05, 0) is 30.0 Å². The lowest BCUT2D eigenvalue weighted by Crippen LogP contribution is -2.38. The molecule has 0 spiro atoms. The Morgan fingerprint density at radius 3 is 2.22 bits per heavy atom. The van der Waals surface area contributed by atoms with Gasteiger partial charge < -0.3 is 9.47 Å². The Kier molecular flexibility index (Phi) is 5.53. The third-order valence-electron chi connectivity index (χ3n) is 4.24. The van der Waals surface area contributed by atoms with E-state index in [0.29, 0.717) is 17.9 Å². The predicted octanol–water partition coefficient (Wildman–Crippen LogP) is 2.70. The molecule has 0 bridgehead atoms. The van der Waals surface area contributed by atoms with Crippen molar-refractivity contribution in [1.82, 2.24) is 0 Å². The first-order valence-corrected chi connectivity index (χ1v) is 7.81. The van der Waals surface area contributed by atoms with Gasteiger partial charge in [0.1, 0.15) is 5.92 Å². The van der Waals surface area contributed by atoms with Crippen molar-refractivity contribution in [3.05, 3.63) is 23.8 Å². The third-order valence-corrected chi connectivity index (χ3v) is 4.24. The first kappa shape index (κ1) is 17.2. The standard InChI is InChI=1S/C18H22O5/c1-4-5-13(19)18-14(20)8-12(9-15(18)21)11-6-7-16(22-2)17(10-11)23-3/h6-7,10,12,18H,4-5,8-9H2,1-3H3. The topological polar surface area (TPSA) is 69.7 Å². The van der Waals surface area contributed by atoms with Gasteiger partial charge in [0.05, 0.1) is 14.2 Å². The molecule has 1 aromatic rings. The van der Waals surface area contributed by atoms with Gasteiger partial charge in [-0.2, -0.15) is 0 Å². The fraction of sp³-hybridized carbons (Fsp3) is 0.500. The van der Waals surface area contributed by atoms with E-state index in [1.807, 2.05) is 13.0 Å². The molecule has 0 aliphatic heterocycles. The quantitative estimate of drug-likeness (QED) is 0.754. The van der Waals surface area contributed by atoms with E-state index in [9.17, 15) is 14.4 Å². The molecule has 1 aromatic carbocycles. The van der Waals surface area contributed by atoms with Crippen LogP contribution in [-0.4, -0.2) is 31.6 Å². The number of methoxy groups -OCH3 is 2. The van der Waals surface area contributed by atoms with Crippen molar-refractivity contribution >= 4 is 17.3 Å². The lowest BCUT2D eigenvalue weighted by molar-refractivity contribution is -0.142. The van der Waals surface area contributed by atoms with Gasteiger partial charge in [0.2, 0.25) is 0 Å². The highest BCUT2D eigenvalue weighted by molar-refractivity contribution is 6.20. The monoisotopic (exact) mass is 318 g/mol. The van der Waals surface area contributed by atoms with E-state index in [-0.39, 0.29) is 42.5 Å². The Balaban J connectivity index is 2.20. The van der Waals surface area contributed by atoms with E-state index in [1.54, 1.807) is 19.2 Å². The molecule has 0 unspecified atom stereocenters. The van der Waals surface area contributed by atoms with Crippen LogP contribution in [0.5, 0.6) is 11.5 Å². The molecule has 1 aliphatic rings. The van der Waals surface area contributed by atoms with Crippen LogP contribution in [0.4, 0.5) is 0 Å². The minimum Gasteiger partial charge on any atom is -0.493 e. The van der Waals surface area contributed by atoms with E-state index in [0.717, 1.165) is 5.56 Å². The summed E-state index contributed by atoms with van der Waals surface area (Å²) in [5, 5.41) is 0. The first-order valence-electron chi connectivity index (χ1n) is 7.81. The Morgan fingerprint density at radius 2 is 1.70 bits per heavy atom. The van der Waals surface area contributed by atoms with Crippen molar-refractivity contribution in [3.63, 3.8) is 0 Å². The van der Waals surface area contributed by atoms with Crippen molar-refractivity contribution < 1.29 is 23.9 Å². The van der Waals surface area contributed by atoms with Gasteiger partial charge in [0.25, 0.3) is 0 Å². The fourth-order valence-corrected chi connectivity index (χ4v) is 3.07. The zero-order chi connectivity index (χ0) is 17.0. The molecular weight excluding hydrogens is 296 g/mol. The average molecular weight is 318 g/mol. The smallest absolute Gasteiger partial charge is 0.160 e. The Labute approximate surface area is 136 Å². The van der Waals surface area contributed by atoms with E-state index in [1.165, 1.54) is 7.11 Å². The highest BCUT2D eigenvalue weighted by Crippen LogP contribution is 2.37. The number of Topliss-reactive ketones (excluding diaryl/α,β-unsaturated/α-hetero) is 3. The van der Waals surface area contributed by atoms with E-state index in [4.69, 9.17) is 9.47 Å². The largest absolute Gasteiger partial charge is 0.493 e. The fourth-order valence-electron chi connectivity index (χ4n) is 3.07. The number of carbonyl (C=O) groups is 3. The summed E-state index contributed by atoms with van der Waals surface area (Å²) < 4.78 is 10.5. The van der Waals surface area contributed by atoms with Crippen LogP contribution < -0.4 is 9.47 Å². The summed E-state index contributed by atoms with van der Waals surface area (Å²) in [5.74, 6) is -0.867. The minimum absolute atomic E-state index is 0.208. The van der Waals surface area contributed by atoms with Gasteiger partial charge in [-0.1, -0.05) is 13.0 Å². The maximum atomic E-state index is 12.3. The average Bonchev–Trinajstić information content (AvgIpc) is 2.53. The summed E-state index contributed by atoms with van der Waals surface area (Å²) in [6.45, 7) is 1.86. The van der Waals surface area contributed by atoms with E-state index < -0.39 is 5.92 Å². The van der Waals surface area contributed by atoms with Crippen LogP contribution in [0.25, 0.3) is 0 Å². The summed E-state index contributed by atoms with van der Waals surface area (Å²) in [4.78, 5) is 36.5. The van der Waals surface area contributed by atoms with Crippen LogP contribution in [0.15, 0.2) is 18.2 Å². The van der Waals surface area contributed by atoms with Crippen LogP contribution >= 0.6 is 0 Å². The summed E-state index contributed by atoms with van der Waals surface area (Å²) in [6.07, 6.45) is 1.35. The second-order valence-corrected chi connectivity index (χ2v) is 5.80. The van der Waals surface area contributed by atoms with Gasteiger partial charge in [-0.15, -0.1) is 0 Å². The second kappa shape index (κ2) is 7.40. The minimum atomic E-state index is -1.05. The van der Waals surface area contributed by atoms with Gasteiger partial charge in [-0.25, -0.2) is 0 Å². The molecule has 2 rings (SSSR count). The zero-order valence-corrected chi connectivity index (χ0v) is 13.8. The number of ether oxygens (including phenoxy) is 2. The molecule has 0 aromatic heterocycles. The predicted molar refractivity (Wildman–Crippen MR) is 84.9 cm³/mol. The van der Waals surface area contributed by atoms with Gasteiger partial charge in [0, 0.05) is 19.3 Å². The van der Waals surface area contributed by atoms with Crippen molar-refractivity contribution in [3.8, 4) is 11.5 Å². The molecule has 0 amide bonds. The second-order valence-electron chi connectivity index (χ2n) is 5.80. The van der Waals surface area contributed by atoms with Crippen LogP contribution in [-0.2, 0) is 14.4 Å². The Bertz CT molecular complexity index is 602.